The molecule has 0 unspecified atom stereocenters. The summed E-state index contributed by atoms with van der Waals surface area (Å²) in [4.78, 5) is 17.1. The van der Waals surface area contributed by atoms with Gasteiger partial charge in [-0.3, -0.25) is 4.79 Å². The Morgan fingerprint density at radius 3 is 2.60 bits per heavy atom. The highest BCUT2D eigenvalue weighted by atomic mass is 16.5. The molecule has 1 saturated heterocycles. The smallest absolute Gasteiger partial charge is 0.233 e. The average molecular weight is 271 g/mol. The Balaban J connectivity index is 2.26. The number of nitriles is 1. The SMILES string of the molecule is CCC1(CC)C(=O)NC2(COC2)c2ccc(C#N)nc21. The third-order valence-electron chi connectivity index (χ3n) is 4.67. The molecule has 1 amide bonds. The highest BCUT2D eigenvalue weighted by molar-refractivity contribution is 5.91. The Kier molecular flexibility index (Phi) is 2.80. The number of hydrogen-bond acceptors (Lipinski definition) is 4. The molecule has 0 bridgehead atoms. The summed E-state index contributed by atoms with van der Waals surface area (Å²) in [5.74, 6) is 0.000824. The summed E-state index contributed by atoms with van der Waals surface area (Å²) in [6, 6.07) is 5.70. The quantitative estimate of drug-likeness (QED) is 0.881. The lowest BCUT2D eigenvalue weighted by atomic mass is 9.68. The number of amides is 1. The number of pyridine rings is 1. The van der Waals surface area contributed by atoms with Crippen molar-refractivity contribution < 1.29 is 9.53 Å². The molecule has 3 rings (SSSR count). The molecule has 1 N–H and O–H groups in total. The number of ether oxygens (including phenoxy) is 1. The van der Waals surface area contributed by atoms with Crippen molar-refractivity contribution >= 4 is 5.91 Å². The van der Waals surface area contributed by atoms with E-state index in [9.17, 15) is 4.79 Å². The molecule has 1 fully saturated rings. The number of hydrogen-bond donors (Lipinski definition) is 1. The summed E-state index contributed by atoms with van der Waals surface area (Å²) in [5.41, 5.74) is 1.05. The molecule has 2 aliphatic rings. The van der Waals surface area contributed by atoms with E-state index in [4.69, 9.17) is 10.00 Å². The van der Waals surface area contributed by atoms with Gasteiger partial charge in [-0.05, 0) is 18.9 Å². The number of nitrogens with one attached hydrogen (secondary N) is 1. The first kappa shape index (κ1) is 13.1. The number of carbonyl (C=O) groups excluding carboxylic acids is 1. The van der Waals surface area contributed by atoms with Crippen LogP contribution in [0.25, 0.3) is 0 Å². The molecule has 1 aromatic heterocycles. The minimum atomic E-state index is -0.636. The Morgan fingerprint density at radius 1 is 1.40 bits per heavy atom. The van der Waals surface area contributed by atoms with Crippen LogP contribution in [0.15, 0.2) is 12.1 Å². The molecule has 2 aliphatic heterocycles. The van der Waals surface area contributed by atoms with Gasteiger partial charge in [-0.25, -0.2) is 4.98 Å². The van der Waals surface area contributed by atoms with Gasteiger partial charge in [0, 0.05) is 5.56 Å². The zero-order valence-corrected chi connectivity index (χ0v) is 11.7. The van der Waals surface area contributed by atoms with Gasteiger partial charge in [0.05, 0.1) is 24.3 Å². The lowest BCUT2D eigenvalue weighted by Gasteiger charge is -2.50. The van der Waals surface area contributed by atoms with Crippen molar-refractivity contribution in [2.45, 2.75) is 37.6 Å². The predicted molar refractivity (Wildman–Crippen MR) is 71.9 cm³/mol. The van der Waals surface area contributed by atoms with Crippen LogP contribution in [-0.4, -0.2) is 24.1 Å². The summed E-state index contributed by atoms with van der Waals surface area (Å²) < 4.78 is 5.31. The molecular formula is C15H17N3O2. The van der Waals surface area contributed by atoms with Crippen LogP contribution in [0.1, 0.15) is 43.6 Å². The summed E-state index contributed by atoms with van der Waals surface area (Å²) in [7, 11) is 0. The molecule has 104 valence electrons. The minimum Gasteiger partial charge on any atom is -0.376 e. The fourth-order valence-electron chi connectivity index (χ4n) is 3.22. The van der Waals surface area contributed by atoms with Crippen LogP contribution in [-0.2, 0) is 20.5 Å². The molecule has 5 heteroatoms. The number of rotatable bonds is 2. The van der Waals surface area contributed by atoms with E-state index in [1.54, 1.807) is 6.07 Å². The third-order valence-corrected chi connectivity index (χ3v) is 4.67. The Bertz CT molecular complexity index is 610. The molecule has 0 aliphatic carbocycles. The standard InChI is InChI=1S/C15H17N3O2/c1-3-14(4-2)12-11(6-5-10(7-16)17-12)15(8-20-9-15)18-13(14)19/h5-6H,3-4,8-9H2,1-2H3,(H,18,19). The van der Waals surface area contributed by atoms with Crippen LogP contribution in [0.5, 0.6) is 0 Å². The van der Waals surface area contributed by atoms with Gasteiger partial charge >= 0.3 is 0 Å². The van der Waals surface area contributed by atoms with Crippen molar-refractivity contribution in [2.24, 2.45) is 0 Å². The van der Waals surface area contributed by atoms with Gasteiger partial charge in [0.1, 0.15) is 17.3 Å². The molecule has 0 saturated carbocycles. The van der Waals surface area contributed by atoms with E-state index in [1.807, 2.05) is 19.9 Å². The van der Waals surface area contributed by atoms with Crippen LogP contribution in [0.4, 0.5) is 0 Å². The maximum atomic E-state index is 12.7. The largest absolute Gasteiger partial charge is 0.376 e. The van der Waals surface area contributed by atoms with Gasteiger partial charge in [-0.1, -0.05) is 19.9 Å². The molecule has 0 atom stereocenters. The molecule has 3 heterocycles. The fraction of sp³-hybridized carbons (Fsp3) is 0.533. The number of nitrogens with zero attached hydrogens (tertiary/aromatic N) is 2. The van der Waals surface area contributed by atoms with Crippen LogP contribution in [0.2, 0.25) is 0 Å². The van der Waals surface area contributed by atoms with Crippen molar-refractivity contribution in [3.8, 4) is 6.07 Å². The van der Waals surface area contributed by atoms with E-state index in [1.165, 1.54) is 0 Å². The van der Waals surface area contributed by atoms with Crippen LogP contribution >= 0.6 is 0 Å². The molecule has 0 aromatic carbocycles. The second-order valence-corrected chi connectivity index (χ2v) is 5.52. The Labute approximate surface area is 118 Å². The van der Waals surface area contributed by atoms with E-state index < -0.39 is 11.0 Å². The van der Waals surface area contributed by atoms with Crippen molar-refractivity contribution in [2.75, 3.05) is 13.2 Å². The van der Waals surface area contributed by atoms with Crippen LogP contribution in [0, 0.1) is 11.3 Å². The lowest BCUT2D eigenvalue weighted by Crippen LogP contribution is -2.67. The van der Waals surface area contributed by atoms with Crippen molar-refractivity contribution in [1.29, 1.82) is 5.26 Å². The number of aromatic nitrogens is 1. The summed E-state index contributed by atoms with van der Waals surface area (Å²) in [5, 5.41) is 12.2. The molecule has 1 spiro atoms. The van der Waals surface area contributed by atoms with E-state index >= 15 is 0 Å². The molecule has 0 radical (unpaired) electrons. The van der Waals surface area contributed by atoms with E-state index in [-0.39, 0.29) is 5.91 Å². The summed E-state index contributed by atoms with van der Waals surface area (Å²) in [6.45, 7) is 4.93. The Morgan fingerprint density at radius 2 is 2.10 bits per heavy atom. The maximum absolute atomic E-state index is 12.7. The predicted octanol–water partition coefficient (Wildman–Crippen LogP) is 1.37. The van der Waals surface area contributed by atoms with Crippen molar-refractivity contribution in [3.05, 3.63) is 29.1 Å². The second kappa shape index (κ2) is 4.29. The van der Waals surface area contributed by atoms with Gasteiger partial charge in [-0.2, -0.15) is 5.26 Å². The highest BCUT2D eigenvalue weighted by Crippen LogP contribution is 2.44. The first-order chi connectivity index (χ1) is 9.62. The third kappa shape index (κ3) is 1.46. The lowest BCUT2D eigenvalue weighted by molar-refractivity contribution is -0.143. The van der Waals surface area contributed by atoms with Gasteiger partial charge in [0.2, 0.25) is 5.91 Å². The van der Waals surface area contributed by atoms with Crippen LogP contribution in [0.3, 0.4) is 0 Å². The van der Waals surface area contributed by atoms with E-state index in [0.717, 1.165) is 11.3 Å². The van der Waals surface area contributed by atoms with E-state index in [2.05, 4.69) is 16.4 Å². The second-order valence-electron chi connectivity index (χ2n) is 5.52. The van der Waals surface area contributed by atoms with Crippen molar-refractivity contribution in [1.82, 2.24) is 10.3 Å². The normalized spacial score (nSPS) is 21.6. The van der Waals surface area contributed by atoms with Gasteiger partial charge in [0.15, 0.2) is 0 Å². The Hall–Kier alpha value is -1.93. The maximum Gasteiger partial charge on any atom is 0.233 e. The zero-order chi connectivity index (χ0) is 14.4. The topological polar surface area (TPSA) is 75.0 Å². The minimum absolute atomic E-state index is 0.000824. The van der Waals surface area contributed by atoms with Gasteiger partial charge in [-0.15, -0.1) is 0 Å². The average Bonchev–Trinajstić information content (AvgIpc) is 2.44. The molecule has 20 heavy (non-hydrogen) atoms. The molecular weight excluding hydrogens is 254 g/mol. The summed E-state index contributed by atoms with van der Waals surface area (Å²) >= 11 is 0. The van der Waals surface area contributed by atoms with Crippen molar-refractivity contribution in [3.63, 3.8) is 0 Å². The highest BCUT2D eigenvalue weighted by Gasteiger charge is 2.55. The van der Waals surface area contributed by atoms with Gasteiger partial charge in [0.25, 0.3) is 0 Å². The van der Waals surface area contributed by atoms with Gasteiger partial charge < -0.3 is 10.1 Å². The number of fused-ring (bicyclic) bond motifs is 2. The fourth-order valence-corrected chi connectivity index (χ4v) is 3.22. The first-order valence-electron chi connectivity index (χ1n) is 6.94. The van der Waals surface area contributed by atoms with Crippen LogP contribution < -0.4 is 5.32 Å². The monoisotopic (exact) mass is 271 g/mol. The molecule has 1 aromatic rings. The first-order valence-corrected chi connectivity index (χ1v) is 6.94. The number of carbonyl (C=O) groups is 1. The summed E-state index contributed by atoms with van der Waals surface area (Å²) in [6.07, 6.45) is 1.34. The zero-order valence-electron chi connectivity index (χ0n) is 11.7. The van der Waals surface area contributed by atoms with E-state index in [0.29, 0.717) is 31.7 Å². The molecule has 5 nitrogen and oxygen atoms in total.